The summed E-state index contributed by atoms with van der Waals surface area (Å²) in [5, 5.41) is 19.3. The molecule has 0 spiro atoms. The number of rotatable bonds is 4. The summed E-state index contributed by atoms with van der Waals surface area (Å²) in [6.45, 7) is 0.102. The second-order valence-corrected chi connectivity index (χ2v) is 6.00. The van der Waals surface area contributed by atoms with Crippen LogP contribution in [0.2, 0.25) is 10.0 Å². The Morgan fingerprint density at radius 3 is 2.62 bits per heavy atom. The quantitative estimate of drug-likeness (QED) is 0.770. The normalized spacial score (nSPS) is 26.0. The number of halogens is 2. The number of carboxylic acid groups (broad SMARTS) is 2. The van der Waals surface area contributed by atoms with Gasteiger partial charge in [-0.1, -0.05) is 23.2 Å². The largest absolute Gasteiger partial charge is 0.480 e. The van der Waals surface area contributed by atoms with Gasteiger partial charge in [-0.25, -0.2) is 0 Å². The molecule has 0 amide bonds. The Hall–Kier alpha value is -1.34. The number of nitrogens with two attached hydrogens (primary N) is 1. The van der Waals surface area contributed by atoms with Crippen LogP contribution in [0.4, 0.5) is 0 Å². The van der Waals surface area contributed by atoms with E-state index in [0.29, 0.717) is 15.6 Å². The summed E-state index contributed by atoms with van der Waals surface area (Å²) >= 11 is 12.0. The maximum absolute atomic E-state index is 11.3. The zero-order chi connectivity index (χ0) is 15.8. The second-order valence-electron chi connectivity index (χ2n) is 5.16. The molecule has 1 saturated heterocycles. The molecule has 0 aliphatic carbocycles. The Labute approximate surface area is 131 Å². The minimum absolute atomic E-state index is 0.0673. The molecule has 4 N–H and O–H groups in total. The van der Waals surface area contributed by atoms with Crippen molar-refractivity contribution in [2.45, 2.75) is 24.5 Å². The number of hydrogen-bond acceptors (Lipinski definition) is 4. The van der Waals surface area contributed by atoms with Crippen LogP contribution in [0.3, 0.4) is 0 Å². The van der Waals surface area contributed by atoms with Crippen molar-refractivity contribution >= 4 is 35.1 Å². The van der Waals surface area contributed by atoms with Crippen molar-refractivity contribution in [1.82, 2.24) is 4.90 Å². The smallest absolute Gasteiger partial charge is 0.325 e. The molecule has 1 heterocycles. The lowest BCUT2D eigenvalue weighted by molar-refractivity contribution is -0.142. The molecule has 1 aromatic rings. The number of aliphatic carboxylic acids is 2. The number of carboxylic acids is 2. The molecule has 1 aliphatic heterocycles. The SMILES string of the molecule is N[C@]1(C(=O)O)C[C@H](C(=O)O)N(Cc2cc(Cl)ccc2Cl)C1. The molecule has 1 fully saturated rings. The summed E-state index contributed by atoms with van der Waals surface area (Å²) in [6, 6.07) is 3.88. The minimum Gasteiger partial charge on any atom is -0.480 e. The molecular weight excluding hydrogens is 319 g/mol. The van der Waals surface area contributed by atoms with Gasteiger partial charge in [0.05, 0.1) is 0 Å². The van der Waals surface area contributed by atoms with Crippen LogP contribution in [0.1, 0.15) is 12.0 Å². The van der Waals surface area contributed by atoms with Gasteiger partial charge in [0.15, 0.2) is 0 Å². The fraction of sp³-hybridized carbons (Fsp3) is 0.385. The third kappa shape index (κ3) is 3.29. The molecular formula is C13H14Cl2N2O4. The lowest BCUT2D eigenvalue weighted by atomic mass is 9.98. The predicted molar refractivity (Wildman–Crippen MR) is 77.5 cm³/mol. The topological polar surface area (TPSA) is 104 Å². The van der Waals surface area contributed by atoms with Gasteiger partial charge < -0.3 is 15.9 Å². The highest BCUT2D eigenvalue weighted by Gasteiger charge is 2.49. The molecule has 114 valence electrons. The van der Waals surface area contributed by atoms with E-state index in [2.05, 4.69) is 0 Å². The third-order valence-corrected chi connectivity index (χ3v) is 4.18. The van der Waals surface area contributed by atoms with Gasteiger partial charge in [0.25, 0.3) is 0 Å². The highest BCUT2D eigenvalue weighted by atomic mass is 35.5. The van der Waals surface area contributed by atoms with Crippen molar-refractivity contribution < 1.29 is 19.8 Å². The van der Waals surface area contributed by atoms with E-state index in [1.165, 1.54) is 4.90 Å². The molecule has 0 aromatic heterocycles. The van der Waals surface area contributed by atoms with E-state index in [0.717, 1.165) is 0 Å². The van der Waals surface area contributed by atoms with Gasteiger partial charge in [-0.05, 0) is 23.8 Å². The molecule has 2 rings (SSSR count). The number of nitrogens with zero attached hydrogens (tertiary/aromatic N) is 1. The average Bonchev–Trinajstić information content (AvgIpc) is 2.73. The van der Waals surface area contributed by atoms with E-state index in [1.807, 2.05) is 0 Å². The van der Waals surface area contributed by atoms with Crippen molar-refractivity contribution in [3.63, 3.8) is 0 Å². The zero-order valence-corrected chi connectivity index (χ0v) is 12.4. The lowest BCUT2D eigenvalue weighted by Crippen LogP contribution is -2.50. The fourth-order valence-electron chi connectivity index (χ4n) is 2.46. The van der Waals surface area contributed by atoms with Crippen LogP contribution < -0.4 is 5.73 Å². The zero-order valence-electron chi connectivity index (χ0n) is 10.9. The van der Waals surface area contributed by atoms with Crippen LogP contribution in [0.25, 0.3) is 0 Å². The first-order chi connectivity index (χ1) is 9.73. The maximum Gasteiger partial charge on any atom is 0.325 e. The van der Waals surface area contributed by atoms with Crippen LogP contribution in [-0.4, -0.2) is 45.2 Å². The predicted octanol–water partition coefficient (Wildman–Crippen LogP) is 1.43. The number of hydrogen-bond donors (Lipinski definition) is 3. The number of carbonyl (C=O) groups is 2. The lowest BCUT2D eigenvalue weighted by Gasteiger charge is -2.22. The van der Waals surface area contributed by atoms with Crippen molar-refractivity contribution in [3.8, 4) is 0 Å². The first-order valence-electron chi connectivity index (χ1n) is 6.16. The molecule has 0 saturated carbocycles. The Bertz CT molecular complexity index is 596. The highest BCUT2D eigenvalue weighted by Crippen LogP contribution is 2.30. The van der Waals surface area contributed by atoms with E-state index in [1.54, 1.807) is 18.2 Å². The molecule has 1 aromatic carbocycles. The summed E-state index contributed by atoms with van der Waals surface area (Å²) in [5.74, 6) is -2.32. The molecule has 21 heavy (non-hydrogen) atoms. The van der Waals surface area contributed by atoms with Crippen LogP contribution in [0.15, 0.2) is 18.2 Å². The van der Waals surface area contributed by atoms with Crippen LogP contribution in [-0.2, 0) is 16.1 Å². The Balaban J connectivity index is 2.27. The molecule has 0 bridgehead atoms. The van der Waals surface area contributed by atoms with Crippen LogP contribution >= 0.6 is 23.2 Å². The van der Waals surface area contributed by atoms with Gasteiger partial charge in [-0.15, -0.1) is 0 Å². The molecule has 8 heteroatoms. The van der Waals surface area contributed by atoms with Gasteiger partial charge >= 0.3 is 11.9 Å². The van der Waals surface area contributed by atoms with Crippen molar-refractivity contribution in [2.24, 2.45) is 5.73 Å². The van der Waals surface area contributed by atoms with E-state index in [-0.39, 0.29) is 19.5 Å². The summed E-state index contributed by atoms with van der Waals surface area (Å²) in [5.41, 5.74) is 4.83. The molecule has 1 aliphatic rings. The summed E-state index contributed by atoms with van der Waals surface area (Å²) in [4.78, 5) is 24.0. The maximum atomic E-state index is 11.3. The Morgan fingerprint density at radius 2 is 2.05 bits per heavy atom. The van der Waals surface area contributed by atoms with Gasteiger partial charge in [0, 0.05) is 29.6 Å². The van der Waals surface area contributed by atoms with Gasteiger partial charge in [-0.2, -0.15) is 0 Å². The van der Waals surface area contributed by atoms with Gasteiger partial charge in [-0.3, -0.25) is 14.5 Å². The van der Waals surface area contributed by atoms with Crippen LogP contribution in [0.5, 0.6) is 0 Å². The van der Waals surface area contributed by atoms with Gasteiger partial charge in [0.1, 0.15) is 11.6 Å². The molecule has 6 nitrogen and oxygen atoms in total. The highest BCUT2D eigenvalue weighted by molar-refractivity contribution is 6.33. The monoisotopic (exact) mass is 332 g/mol. The second kappa shape index (κ2) is 5.81. The van der Waals surface area contributed by atoms with Crippen molar-refractivity contribution in [2.75, 3.05) is 6.54 Å². The molecule has 0 unspecified atom stereocenters. The molecule has 0 radical (unpaired) electrons. The van der Waals surface area contributed by atoms with Gasteiger partial charge in [0.2, 0.25) is 0 Å². The van der Waals surface area contributed by atoms with E-state index in [4.69, 9.17) is 34.0 Å². The summed E-state index contributed by atoms with van der Waals surface area (Å²) in [6.07, 6.45) is -0.157. The van der Waals surface area contributed by atoms with E-state index in [9.17, 15) is 14.7 Å². The van der Waals surface area contributed by atoms with Crippen molar-refractivity contribution in [1.29, 1.82) is 0 Å². The third-order valence-electron chi connectivity index (χ3n) is 3.58. The first-order valence-corrected chi connectivity index (χ1v) is 6.91. The Kier molecular flexibility index (Phi) is 4.43. The van der Waals surface area contributed by atoms with E-state index < -0.39 is 23.5 Å². The first kappa shape index (κ1) is 16.0. The fourth-order valence-corrected chi connectivity index (χ4v) is 2.83. The molecule has 2 atom stereocenters. The standard InChI is InChI=1S/C13H14Cl2N2O4/c14-8-1-2-9(15)7(3-8)5-17-6-13(16,12(20)21)4-10(17)11(18)19/h1-3,10H,4-6,16H2,(H,18,19)(H,20,21)/t10-,13-/m1/s1. The number of likely N-dealkylation sites (tertiary alicyclic amines) is 1. The summed E-state index contributed by atoms with van der Waals surface area (Å²) < 4.78 is 0. The summed E-state index contributed by atoms with van der Waals surface area (Å²) in [7, 11) is 0. The number of benzene rings is 1. The van der Waals surface area contributed by atoms with E-state index >= 15 is 0 Å². The Morgan fingerprint density at radius 1 is 1.38 bits per heavy atom. The minimum atomic E-state index is -1.58. The van der Waals surface area contributed by atoms with Crippen molar-refractivity contribution in [3.05, 3.63) is 33.8 Å². The van der Waals surface area contributed by atoms with Crippen LogP contribution in [0, 0.1) is 0 Å². The average molecular weight is 333 g/mol.